The van der Waals surface area contributed by atoms with Gasteiger partial charge in [-0.25, -0.2) is 0 Å². The van der Waals surface area contributed by atoms with E-state index in [2.05, 4.69) is 4.98 Å². The maximum Gasteiger partial charge on any atom is 0.311 e. The minimum absolute atomic E-state index is 0.149. The second-order valence-corrected chi connectivity index (χ2v) is 4.94. The van der Waals surface area contributed by atoms with Gasteiger partial charge in [-0.1, -0.05) is 0 Å². The molecule has 0 atom stereocenters. The summed E-state index contributed by atoms with van der Waals surface area (Å²) in [4.78, 5) is 15.5. The van der Waals surface area contributed by atoms with Crippen LogP contribution in [0.2, 0.25) is 0 Å². The van der Waals surface area contributed by atoms with Crippen molar-refractivity contribution in [1.82, 2.24) is 4.98 Å². The smallest absolute Gasteiger partial charge is 0.311 e. The van der Waals surface area contributed by atoms with Crippen LogP contribution in [-0.4, -0.2) is 29.8 Å². The average Bonchev–Trinajstić information content (AvgIpc) is 2.26. The largest absolute Gasteiger partial charge is 0.463 e. The molecule has 1 heterocycles. The van der Waals surface area contributed by atoms with Gasteiger partial charge >= 0.3 is 5.97 Å². The molecule has 0 spiro atoms. The maximum absolute atomic E-state index is 11.5. The van der Waals surface area contributed by atoms with Gasteiger partial charge in [-0.3, -0.25) is 9.78 Å². The van der Waals surface area contributed by atoms with Crippen molar-refractivity contribution < 1.29 is 14.3 Å². The van der Waals surface area contributed by atoms with Crippen LogP contribution in [0.5, 0.6) is 0 Å². The molecule has 0 amide bonds. The third-order valence-electron chi connectivity index (χ3n) is 2.05. The first-order valence-corrected chi connectivity index (χ1v) is 5.87. The summed E-state index contributed by atoms with van der Waals surface area (Å²) < 4.78 is 10.5. The van der Waals surface area contributed by atoms with Crippen molar-refractivity contribution >= 4 is 11.7 Å². The Bertz CT molecular complexity index is 382. The Kier molecular flexibility index (Phi) is 5.09. The third kappa shape index (κ3) is 6.20. The van der Waals surface area contributed by atoms with E-state index in [4.69, 9.17) is 15.2 Å². The predicted octanol–water partition coefficient (Wildman–Crippen LogP) is 1.56. The Balaban J connectivity index is 2.24. The van der Waals surface area contributed by atoms with Crippen molar-refractivity contribution in [3.05, 3.63) is 24.0 Å². The number of anilines is 1. The fourth-order valence-electron chi connectivity index (χ4n) is 1.24. The molecule has 0 unspecified atom stereocenters. The lowest BCUT2D eigenvalue weighted by Gasteiger charge is -2.19. The molecule has 5 nitrogen and oxygen atoms in total. The normalized spacial score (nSPS) is 11.3. The van der Waals surface area contributed by atoms with Crippen LogP contribution in [0.4, 0.5) is 5.69 Å². The first-order valence-electron chi connectivity index (χ1n) is 5.87. The van der Waals surface area contributed by atoms with Crippen LogP contribution in [0, 0.1) is 0 Å². The van der Waals surface area contributed by atoms with E-state index in [0.717, 1.165) is 0 Å². The van der Waals surface area contributed by atoms with E-state index in [9.17, 15) is 4.79 Å². The summed E-state index contributed by atoms with van der Waals surface area (Å²) in [5.41, 5.74) is 6.50. The molecule has 100 valence electrons. The zero-order chi connectivity index (χ0) is 13.6. The molecule has 0 saturated carbocycles. The van der Waals surface area contributed by atoms with Crippen molar-refractivity contribution in [2.24, 2.45) is 0 Å². The van der Waals surface area contributed by atoms with Crippen molar-refractivity contribution in [1.29, 1.82) is 0 Å². The maximum atomic E-state index is 11.5. The number of hydrogen-bond donors (Lipinski definition) is 1. The van der Waals surface area contributed by atoms with Crippen LogP contribution in [0.1, 0.15) is 26.5 Å². The molecule has 0 bridgehead atoms. The zero-order valence-electron chi connectivity index (χ0n) is 11.1. The quantitative estimate of drug-likeness (QED) is 0.636. The first kappa shape index (κ1) is 14.4. The summed E-state index contributed by atoms with van der Waals surface area (Å²) >= 11 is 0. The summed E-state index contributed by atoms with van der Waals surface area (Å²) in [7, 11) is 0. The summed E-state index contributed by atoms with van der Waals surface area (Å²) in [6, 6.07) is 3.42. The van der Waals surface area contributed by atoms with Crippen LogP contribution >= 0.6 is 0 Å². The number of pyridine rings is 1. The molecule has 1 aromatic rings. The number of carbonyl (C=O) groups excluding carboxylic acids is 1. The minimum atomic E-state index is -0.315. The number of nitrogens with zero attached hydrogens (tertiary/aromatic N) is 1. The lowest BCUT2D eigenvalue weighted by atomic mass is 10.2. The van der Waals surface area contributed by atoms with Gasteiger partial charge in [0.2, 0.25) is 0 Å². The number of rotatable bonds is 5. The molecule has 0 radical (unpaired) electrons. The van der Waals surface area contributed by atoms with Gasteiger partial charge < -0.3 is 15.2 Å². The number of aromatic nitrogens is 1. The fraction of sp³-hybridized carbons (Fsp3) is 0.538. The Hall–Kier alpha value is -1.62. The molecule has 1 rings (SSSR count). The summed E-state index contributed by atoms with van der Waals surface area (Å²) in [6.45, 7) is 6.50. The van der Waals surface area contributed by atoms with Gasteiger partial charge in [0.05, 0.1) is 36.2 Å². The van der Waals surface area contributed by atoms with E-state index >= 15 is 0 Å². The van der Waals surface area contributed by atoms with Crippen LogP contribution in [-0.2, 0) is 20.7 Å². The number of ether oxygens (including phenoxy) is 2. The predicted molar refractivity (Wildman–Crippen MR) is 69.0 cm³/mol. The molecule has 0 aromatic carbocycles. The van der Waals surface area contributed by atoms with Crippen LogP contribution in [0.3, 0.4) is 0 Å². The molecule has 1 aromatic heterocycles. The van der Waals surface area contributed by atoms with Crippen LogP contribution in [0.25, 0.3) is 0 Å². The van der Waals surface area contributed by atoms with Crippen molar-refractivity contribution in [2.75, 3.05) is 18.9 Å². The SMILES string of the molecule is CC(C)(C)OCCOC(=O)Cc1ccc(N)cn1. The van der Waals surface area contributed by atoms with Gasteiger partial charge in [-0.2, -0.15) is 0 Å². The van der Waals surface area contributed by atoms with E-state index in [1.807, 2.05) is 20.8 Å². The molecule has 0 aliphatic heterocycles. The highest BCUT2D eigenvalue weighted by atomic mass is 16.6. The Morgan fingerprint density at radius 3 is 2.61 bits per heavy atom. The highest BCUT2D eigenvalue weighted by Gasteiger charge is 2.10. The highest BCUT2D eigenvalue weighted by molar-refractivity contribution is 5.72. The second kappa shape index (κ2) is 6.35. The Labute approximate surface area is 107 Å². The van der Waals surface area contributed by atoms with E-state index in [0.29, 0.717) is 18.0 Å². The van der Waals surface area contributed by atoms with E-state index < -0.39 is 0 Å². The second-order valence-electron chi connectivity index (χ2n) is 4.94. The van der Waals surface area contributed by atoms with Gasteiger partial charge in [0.1, 0.15) is 6.61 Å². The molecule has 18 heavy (non-hydrogen) atoms. The van der Waals surface area contributed by atoms with Crippen molar-refractivity contribution in [3.8, 4) is 0 Å². The van der Waals surface area contributed by atoms with Gasteiger partial charge in [0, 0.05) is 0 Å². The minimum Gasteiger partial charge on any atom is -0.463 e. The number of nitrogens with two attached hydrogens (primary N) is 1. The topological polar surface area (TPSA) is 74.4 Å². The van der Waals surface area contributed by atoms with E-state index in [1.165, 1.54) is 6.20 Å². The standard InChI is InChI=1S/C13H20N2O3/c1-13(2,3)18-7-6-17-12(16)8-11-5-4-10(14)9-15-11/h4-5,9H,6-8,14H2,1-3H3. The molecular weight excluding hydrogens is 232 g/mol. The van der Waals surface area contributed by atoms with Gasteiger partial charge in [-0.05, 0) is 32.9 Å². The third-order valence-corrected chi connectivity index (χ3v) is 2.05. The Morgan fingerprint density at radius 2 is 2.06 bits per heavy atom. The van der Waals surface area contributed by atoms with E-state index in [1.54, 1.807) is 12.1 Å². The lowest BCUT2D eigenvalue weighted by Crippen LogP contribution is -2.23. The summed E-state index contributed by atoms with van der Waals surface area (Å²) in [6.07, 6.45) is 1.67. The van der Waals surface area contributed by atoms with Gasteiger partial charge in [-0.15, -0.1) is 0 Å². The molecule has 0 fully saturated rings. The van der Waals surface area contributed by atoms with Crippen LogP contribution in [0.15, 0.2) is 18.3 Å². The lowest BCUT2D eigenvalue weighted by molar-refractivity contribution is -0.146. The van der Waals surface area contributed by atoms with Crippen molar-refractivity contribution in [3.63, 3.8) is 0 Å². The van der Waals surface area contributed by atoms with Crippen LogP contribution < -0.4 is 5.73 Å². The monoisotopic (exact) mass is 252 g/mol. The number of carbonyl (C=O) groups is 1. The molecule has 5 heteroatoms. The number of hydrogen-bond acceptors (Lipinski definition) is 5. The number of nitrogen functional groups attached to an aromatic ring is 1. The fourth-order valence-corrected chi connectivity index (χ4v) is 1.24. The molecular formula is C13H20N2O3. The zero-order valence-corrected chi connectivity index (χ0v) is 11.1. The summed E-state index contributed by atoms with van der Waals surface area (Å²) in [5, 5.41) is 0. The van der Waals surface area contributed by atoms with Gasteiger partial charge in [0.25, 0.3) is 0 Å². The Morgan fingerprint density at radius 1 is 1.33 bits per heavy atom. The molecule has 2 N–H and O–H groups in total. The summed E-state index contributed by atoms with van der Waals surface area (Å²) in [5.74, 6) is -0.315. The molecule has 0 aliphatic rings. The molecule has 0 aliphatic carbocycles. The molecule has 0 saturated heterocycles. The number of esters is 1. The van der Waals surface area contributed by atoms with Gasteiger partial charge in [0.15, 0.2) is 0 Å². The highest BCUT2D eigenvalue weighted by Crippen LogP contribution is 2.06. The average molecular weight is 252 g/mol. The van der Waals surface area contributed by atoms with E-state index in [-0.39, 0.29) is 24.6 Å². The first-order chi connectivity index (χ1) is 8.37. The van der Waals surface area contributed by atoms with Crippen molar-refractivity contribution in [2.45, 2.75) is 32.8 Å².